The van der Waals surface area contributed by atoms with Crippen LogP contribution >= 0.6 is 22.9 Å². The second-order valence-electron chi connectivity index (χ2n) is 7.87. The summed E-state index contributed by atoms with van der Waals surface area (Å²) >= 11 is 7.54. The molecule has 0 aliphatic carbocycles. The fraction of sp³-hybridized carbons (Fsp3) is 0.0741. The van der Waals surface area contributed by atoms with Crippen molar-refractivity contribution in [3.8, 4) is 16.9 Å². The van der Waals surface area contributed by atoms with E-state index in [4.69, 9.17) is 26.7 Å². The number of rotatable bonds is 6. The van der Waals surface area contributed by atoms with Crippen LogP contribution in [0, 0.1) is 6.92 Å². The summed E-state index contributed by atoms with van der Waals surface area (Å²) in [4.78, 5) is 9.52. The number of thiazole rings is 1. The molecule has 6 nitrogen and oxygen atoms in total. The Labute approximate surface area is 212 Å². The van der Waals surface area contributed by atoms with E-state index in [-0.39, 0.29) is 0 Å². The number of hydrogen-bond donors (Lipinski definition) is 1. The number of hydrogen-bond acceptors (Lipinski definition) is 5. The summed E-state index contributed by atoms with van der Waals surface area (Å²) in [6.45, 7) is 2.03. The van der Waals surface area contributed by atoms with E-state index in [1.165, 1.54) is 11.3 Å². The highest BCUT2D eigenvalue weighted by Crippen LogP contribution is 2.25. The molecule has 0 radical (unpaired) electrons. The third-order valence-electron chi connectivity index (χ3n) is 5.59. The van der Waals surface area contributed by atoms with Crippen molar-refractivity contribution in [1.29, 1.82) is 0 Å². The summed E-state index contributed by atoms with van der Waals surface area (Å²) in [5.41, 5.74) is 9.49. The van der Waals surface area contributed by atoms with Crippen molar-refractivity contribution in [2.75, 3.05) is 5.43 Å². The maximum atomic E-state index is 6.03. The lowest BCUT2D eigenvalue weighted by molar-refractivity contribution is 0.622. The standard InChI is InChI=1S/C27H23ClN6S/c1-19-25(29-17-20-13-15-22(28)16-14-20)26(34(33(19)2)23-11-7-4-8-12-23)31-32-27-30-24(18-35-27)21-9-5-3-6-10-21/h3-18H,1-2H3,(H,30,32)/b29-17?,31-26+. The molecule has 8 heteroatoms. The van der Waals surface area contributed by atoms with Crippen molar-refractivity contribution in [2.45, 2.75) is 6.92 Å². The van der Waals surface area contributed by atoms with Crippen LogP contribution in [0.1, 0.15) is 11.3 Å². The lowest BCUT2D eigenvalue weighted by atomic mass is 10.2. The Kier molecular flexibility index (Phi) is 6.61. The molecular weight excluding hydrogens is 476 g/mol. The average Bonchev–Trinajstić information content (AvgIpc) is 3.46. The highest BCUT2D eigenvalue weighted by atomic mass is 35.5. The topological polar surface area (TPSA) is 59.5 Å². The number of anilines is 1. The number of para-hydroxylation sites is 1. The monoisotopic (exact) mass is 498 g/mol. The largest absolute Gasteiger partial charge is 0.284 e. The van der Waals surface area contributed by atoms with Crippen molar-refractivity contribution in [2.24, 2.45) is 17.1 Å². The first-order valence-corrected chi connectivity index (χ1v) is 12.3. The molecular formula is C27H23ClN6S. The predicted octanol–water partition coefficient (Wildman–Crippen LogP) is 6.58. The predicted molar refractivity (Wildman–Crippen MR) is 145 cm³/mol. The zero-order valence-corrected chi connectivity index (χ0v) is 20.8. The molecule has 0 atom stereocenters. The molecule has 0 unspecified atom stereocenters. The van der Waals surface area contributed by atoms with Gasteiger partial charge in [-0.05, 0) is 36.8 Å². The summed E-state index contributed by atoms with van der Waals surface area (Å²) in [5, 5.41) is 8.19. The van der Waals surface area contributed by atoms with Crippen LogP contribution in [-0.4, -0.2) is 20.6 Å². The molecule has 5 rings (SSSR count). The Balaban J connectivity index is 1.57. The van der Waals surface area contributed by atoms with Gasteiger partial charge in [0.1, 0.15) is 5.69 Å². The molecule has 0 aliphatic rings. The quantitative estimate of drug-likeness (QED) is 0.212. The van der Waals surface area contributed by atoms with Gasteiger partial charge in [0, 0.05) is 29.2 Å². The first-order valence-electron chi connectivity index (χ1n) is 11.0. The van der Waals surface area contributed by atoms with Crippen molar-refractivity contribution < 1.29 is 0 Å². The summed E-state index contributed by atoms with van der Waals surface area (Å²) in [5.74, 6) is 0. The van der Waals surface area contributed by atoms with Crippen LogP contribution in [0.3, 0.4) is 0 Å². The van der Waals surface area contributed by atoms with Crippen LogP contribution in [0.2, 0.25) is 5.02 Å². The van der Waals surface area contributed by atoms with Crippen LogP contribution in [0.5, 0.6) is 0 Å². The van der Waals surface area contributed by atoms with E-state index in [0.29, 0.717) is 15.6 Å². The third kappa shape index (κ3) is 4.96. The molecule has 0 saturated heterocycles. The van der Waals surface area contributed by atoms with Gasteiger partial charge in [-0.25, -0.2) is 9.67 Å². The molecule has 0 fully saturated rings. The Morgan fingerprint density at radius 2 is 1.63 bits per heavy atom. The molecule has 5 aromatic rings. The summed E-state index contributed by atoms with van der Waals surface area (Å²) in [6.07, 6.45) is 1.82. The zero-order valence-electron chi connectivity index (χ0n) is 19.3. The lowest BCUT2D eigenvalue weighted by Crippen LogP contribution is -2.22. The highest BCUT2D eigenvalue weighted by molar-refractivity contribution is 7.14. The molecule has 35 heavy (non-hydrogen) atoms. The second-order valence-corrected chi connectivity index (χ2v) is 9.16. The van der Waals surface area contributed by atoms with E-state index >= 15 is 0 Å². The molecule has 174 valence electrons. The minimum atomic E-state index is 0.679. The molecule has 0 aliphatic heterocycles. The molecule has 0 saturated carbocycles. The molecule has 0 spiro atoms. The fourth-order valence-electron chi connectivity index (χ4n) is 3.68. The van der Waals surface area contributed by atoms with Gasteiger partial charge in [-0.3, -0.25) is 15.1 Å². The molecule has 0 bridgehead atoms. The van der Waals surface area contributed by atoms with Gasteiger partial charge in [0.2, 0.25) is 5.13 Å². The van der Waals surface area contributed by atoms with Gasteiger partial charge in [-0.2, -0.15) is 5.10 Å². The number of aliphatic imine (C=N–C) groups is 1. The van der Waals surface area contributed by atoms with Crippen molar-refractivity contribution in [3.63, 3.8) is 0 Å². The van der Waals surface area contributed by atoms with E-state index in [9.17, 15) is 0 Å². The van der Waals surface area contributed by atoms with Crippen LogP contribution in [0.25, 0.3) is 16.9 Å². The maximum absolute atomic E-state index is 6.03. The second kappa shape index (κ2) is 10.1. The first-order chi connectivity index (χ1) is 17.1. The SMILES string of the molecule is Cc1c(N=Cc2ccc(Cl)cc2)/c(=N\Nc2nc(-c3ccccc3)cs2)n(-c2ccccc2)n1C. The third-order valence-corrected chi connectivity index (χ3v) is 6.58. The number of nitrogens with one attached hydrogen (secondary N) is 1. The number of nitrogens with zero attached hydrogens (tertiary/aromatic N) is 5. The lowest BCUT2D eigenvalue weighted by Gasteiger charge is -2.09. The minimum absolute atomic E-state index is 0.679. The average molecular weight is 499 g/mol. The molecule has 2 heterocycles. The Morgan fingerprint density at radius 3 is 2.34 bits per heavy atom. The van der Waals surface area contributed by atoms with E-state index in [0.717, 1.165) is 33.9 Å². The van der Waals surface area contributed by atoms with E-state index in [1.807, 2.05) is 120 Å². The smallest absolute Gasteiger partial charge is 0.203 e. The highest BCUT2D eigenvalue weighted by Gasteiger charge is 2.14. The Hall–Kier alpha value is -3.94. The fourth-order valence-corrected chi connectivity index (χ4v) is 4.47. The number of benzene rings is 3. The van der Waals surface area contributed by atoms with Gasteiger partial charge in [0.15, 0.2) is 5.49 Å². The summed E-state index contributed by atoms with van der Waals surface area (Å²) in [6, 6.07) is 27.8. The van der Waals surface area contributed by atoms with E-state index in [1.54, 1.807) is 0 Å². The van der Waals surface area contributed by atoms with Gasteiger partial charge >= 0.3 is 0 Å². The van der Waals surface area contributed by atoms with Crippen LogP contribution < -0.4 is 10.9 Å². The van der Waals surface area contributed by atoms with Crippen LogP contribution in [-0.2, 0) is 7.05 Å². The van der Waals surface area contributed by atoms with Crippen LogP contribution in [0.15, 0.2) is 100 Å². The Bertz CT molecular complexity index is 1530. The van der Waals surface area contributed by atoms with Gasteiger partial charge in [-0.15, -0.1) is 11.3 Å². The van der Waals surface area contributed by atoms with Gasteiger partial charge in [-0.1, -0.05) is 72.3 Å². The van der Waals surface area contributed by atoms with Gasteiger partial charge < -0.3 is 0 Å². The molecule has 3 aromatic carbocycles. The van der Waals surface area contributed by atoms with Gasteiger partial charge in [0.05, 0.1) is 17.1 Å². The molecule has 1 N–H and O–H groups in total. The van der Waals surface area contributed by atoms with E-state index < -0.39 is 0 Å². The maximum Gasteiger partial charge on any atom is 0.203 e. The molecule has 0 amide bonds. The normalized spacial score (nSPS) is 11.9. The molecule has 2 aromatic heterocycles. The van der Waals surface area contributed by atoms with Crippen molar-refractivity contribution in [1.82, 2.24) is 14.3 Å². The zero-order chi connectivity index (χ0) is 24.2. The van der Waals surface area contributed by atoms with Crippen molar-refractivity contribution >= 4 is 40.0 Å². The number of halogens is 1. The first kappa shape index (κ1) is 22.8. The van der Waals surface area contributed by atoms with Crippen LogP contribution in [0.4, 0.5) is 10.8 Å². The van der Waals surface area contributed by atoms with E-state index in [2.05, 4.69) is 5.43 Å². The summed E-state index contributed by atoms with van der Waals surface area (Å²) in [7, 11) is 2.00. The Morgan fingerprint density at radius 1 is 0.943 bits per heavy atom. The minimum Gasteiger partial charge on any atom is -0.284 e. The summed E-state index contributed by atoms with van der Waals surface area (Å²) < 4.78 is 4.07. The van der Waals surface area contributed by atoms with Gasteiger partial charge in [0.25, 0.3) is 0 Å². The number of aromatic nitrogens is 3. The van der Waals surface area contributed by atoms with Crippen molar-refractivity contribution in [3.05, 3.63) is 112 Å².